The lowest BCUT2D eigenvalue weighted by molar-refractivity contribution is -0.138. The van der Waals surface area contributed by atoms with Gasteiger partial charge in [0.15, 0.2) is 3.92 Å². The minimum atomic E-state index is -0.783. The molecule has 0 bridgehead atoms. The van der Waals surface area contributed by atoms with Crippen molar-refractivity contribution in [2.24, 2.45) is 0 Å². The lowest BCUT2D eigenvalue weighted by Crippen LogP contribution is -2.35. The van der Waals surface area contributed by atoms with Crippen LogP contribution >= 0.6 is 27.3 Å². The van der Waals surface area contributed by atoms with Gasteiger partial charge in [0, 0.05) is 6.54 Å². The van der Waals surface area contributed by atoms with Crippen LogP contribution in [0.2, 0.25) is 0 Å². The Morgan fingerprint density at radius 3 is 3.00 bits per heavy atom. The minimum Gasteiger partial charge on any atom is -0.480 e. The van der Waals surface area contributed by atoms with Gasteiger partial charge < -0.3 is 10.0 Å². The molecule has 1 fully saturated rings. The minimum absolute atomic E-state index is 0.435. The molecule has 14 heavy (non-hydrogen) atoms. The Balaban J connectivity index is 2.21. The third-order valence-electron chi connectivity index (χ3n) is 2.17. The fourth-order valence-corrected chi connectivity index (χ4v) is 2.73. The molecule has 1 N–H and O–H groups in total. The van der Waals surface area contributed by atoms with Crippen molar-refractivity contribution < 1.29 is 9.90 Å². The first-order valence-electron chi connectivity index (χ1n) is 4.17. The monoisotopic (exact) mass is 277 g/mol. The van der Waals surface area contributed by atoms with Crippen molar-refractivity contribution in [3.63, 3.8) is 0 Å². The quantitative estimate of drug-likeness (QED) is 0.884. The SMILES string of the molecule is O=C(O)[C@@H]1CCCN1c1nnc(Br)s1. The number of carboxylic acid groups (broad SMARTS) is 1. The summed E-state index contributed by atoms with van der Waals surface area (Å²) in [5.74, 6) is -0.783. The number of nitrogens with zero attached hydrogens (tertiary/aromatic N) is 3. The van der Waals surface area contributed by atoms with Gasteiger partial charge in [-0.2, -0.15) is 0 Å². The summed E-state index contributed by atoms with van der Waals surface area (Å²) < 4.78 is 0.684. The molecule has 2 heterocycles. The molecule has 0 amide bonds. The van der Waals surface area contributed by atoms with Crippen LogP contribution in [0.5, 0.6) is 0 Å². The van der Waals surface area contributed by atoms with E-state index in [1.54, 1.807) is 4.90 Å². The van der Waals surface area contributed by atoms with Gasteiger partial charge in [0.25, 0.3) is 0 Å². The van der Waals surface area contributed by atoms with Crippen LogP contribution in [0.1, 0.15) is 12.8 Å². The van der Waals surface area contributed by atoms with Crippen LogP contribution in [-0.2, 0) is 4.79 Å². The van der Waals surface area contributed by atoms with Gasteiger partial charge in [-0.15, -0.1) is 10.2 Å². The van der Waals surface area contributed by atoms with Crippen LogP contribution in [0.3, 0.4) is 0 Å². The third kappa shape index (κ3) is 1.74. The van der Waals surface area contributed by atoms with Crippen molar-refractivity contribution in [2.45, 2.75) is 18.9 Å². The third-order valence-corrected chi connectivity index (χ3v) is 3.57. The van der Waals surface area contributed by atoms with E-state index in [2.05, 4.69) is 26.1 Å². The predicted molar refractivity (Wildman–Crippen MR) is 55.6 cm³/mol. The first kappa shape index (κ1) is 9.85. The molecule has 0 unspecified atom stereocenters. The fourth-order valence-electron chi connectivity index (χ4n) is 1.57. The van der Waals surface area contributed by atoms with E-state index in [0.29, 0.717) is 15.5 Å². The van der Waals surface area contributed by atoms with Crippen molar-refractivity contribution in [1.29, 1.82) is 0 Å². The molecule has 0 saturated carbocycles. The van der Waals surface area contributed by atoms with Crippen molar-refractivity contribution in [3.8, 4) is 0 Å². The number of halogens is 1. The molecule has 1 aromatic heterocycles. The van der Waals surface area contributed by atoms with Crippen LogP contribution in [0.4, 0.5) is 5.13 Å². The highest BCUT2D eigenvalue weighted by molar-refractivity contribution is 9.11. The van der Waals surface area contributed by atoms with Crippen LogP contribution in [0.25, 0.3) is 0 Å². The lowest BCUT2D eigenvalue weighted by atomic mass is 10.2. The van der Waals surface area contributed by atoms with Crippen LogP contribution < -0.4 is 4.90 Å². The van der Waals surface area contributed by atoms with E-state index in [0.717, 1.165) is 13.0 Å². The zero-order valence-electron chi connectivity index (χ0n) is 7.18. The van der Waals surface area contributed by atoms with Crippen molar-refractivity contribution in [2.75, 3.05) is 11.4 Å². The first-order chi connectivity index (χ1) is 6.68. The topological polar surface area (TPSA) is 66.3 Å². The van der Waals surface area contributed by atoms with Crippen LogP contribution in [-0.4, -0.2) is 33.9 Å². The second kappa shape index (κ2) is 3.82. The molecule has 76 valence electrons. The van der Waals surface area contributed by atoms with Gasteiger partial charge in [-0.1, -0.05) is 11.3 Å². The normalized spacial score (nSPS) is 21.5. The number of anilines is 1. The second-order valence-electron chi connectivity index (χ2n) is 3.03. The molecule has 1 aromatic rings. The van der Waals surface area contributed by atoms with E-state index in [4.69, 9.17) is 5.11 Å². The zero-order chi connectivity index (χ0) is 10.1. The first-order valence-corrected chi connectivity index (χ1v) is 5.78. The molecule has 1 aliphatic heterocycles. The largest absolute Gasteiger partial charge is 0.480 e. The summed E-state index contributed by atoms with van der Waals surface area (Å²) in [6.45, 7) is 0.749. The molecule has 1 atom stereocenters. The van der Waals surface area contributed by atoms with E-state index < -0.39 is 12.0 Å². The van der Waals surface area contributed by atoms with Gasteiger partial charge in [0.1, 0.15) is 6.04 Å². The van der Waals surface area contributed by atoms with Crippen molar-refractivity contribution in [3.05, 3.63) is 3.92 Å². The molecule has 0 spiro atoms. The molecule has 7 heteroatoms. The number of rotatable bonds is 2. The number of carboxylic acids is 1. The highest BCUT2D eigenvalue weighted by Gasteiger charge is 2.32. The summed E-state index contributed by atoms with van der Waals surface area (Å²) in [5, 5.41) is 17.4. The average Bonchev–Trinajstić information content (AvgIpc) is 2.70. The van der Waals surface area contributed by atoms with E-state index in [1.165, 1.54) is 11.3 Å². The number of hydrogen-bond donors (Lipinski definition) is 1. The number of carbonyl (C=O) groups is 1. The Kier molecular flexibility index (Phi) is 2.69. The average molecular weight is 278 g/mol. The van der Waals surface area contributed by atoms with Gasteiger partial charge >= 0.3 is 5.97 Å². The summed E-state index contributed by atoms with van der Waals surface area (Å²) in [4.78, 5) is 12.7. The van der Waals surface area contributed by atoms with E-state index in [-0.39, 0.29) is 0 Å². The second-order valence-corrected chi connectivity index (χ2v) is 5.26. The molecule has 1 aliphatic rings. The van der Waals surface area contributed by atoms with Gasteiger partial charge in [-0.05, 0) is 28.8 Å². The van der Waals surface area contributed by atoms with E-state index >= 15 is 0 Å². The van der Waals surface area contributed by atoms with E-state index in [1.807, 2.05) is 0 Å². The summed E-state index contributed by atoms with van der Waals surface area (Å²) in [5.41, 5.74) is 0. The molecular weight excluding hydrogens is 270 g/mol. The van der Waals surface area contributed by atoms with Gasteiger partial charge in [0.2, 0.25) is 5.13 Å². The molecule has 5 nitrogen and oxygen atoms in total. The number of hydrogen-bond acceptors (Lipinski definition) is 5. The Bertz CT molecular complexity index is 356. The number of aromatic nitrogens is 2. The fraction of sp³-hybridized carbons (Fsp3) is 0.571. The highest BCUT2D eigenvalue weighted by Crippen LogP contribution is 2.30. The lowest BCUT2D eigenvalue weighted by Gasteiger charge is -2.19. The molecule has 1 saturated heterocycles. The van der Waals surface area contributed by atoms with Crippen molar-refractivity contribution >= 4 is 38.4 Å². The van der Waals surface area contributed by atoms with Gasteiger partial charge in [0.05, 0.1) is 0 Å². The van der Waals surface area contributed by atoms with E-state index in [9.17, 15) is 4.79 Å². The Morgan fingerprint density at radius 1 is 1.64 bits per heavy atom. The summed E-state index contributed by atoms with van der Waals surface area (Å²) in [6, 6.07) is -0.435. The highest BCUT2D eigenvalue weighted by atomic mass is 79.9. The molecule has 2 rings (SSSR count). The summed E-state index contributed by atoms with van der Waals surface area (Å²) in [6.07, 6.45) is 1.58. The van der Waals surface area contributed by atoms with Crippen molar-refractivity contribution in [1.82, 2.24) is 10.2 Å². The zero-order valence-corrected chi connectivity index (χ0v) is 9.58. The standard InChI is InChI=1S/C7H8BrN3O2S/c8-6-9-10-7(14-6)11-3-1-2-4(11)5(12)13/h4H,1-3H2,(H,12,13)/t4-/m0/s1. The maximum atomic E-state index is 10.9. The Hall–Kier alpha value is -0.690. The van der Waals surface area contributed by atoms with Gasteiger partial charge in [-0.25, -0.2) is 4.79 Å². The maximum Gasteiger partial charge on any atom is 0.326 e. The maximum absolute atomic E-state index is 10.9. The van der Waals surface area contributed by atoms with Crippen LogP contribution in [0, 0.1) is 0 Å². The molecule has 0 aliphatic carbocycles. The summed E-state index contributed by atoms with van der Waals surface area (Å²) in [7, 11) is 0. The smallest absolute Gasteiger partial charge is 0.326 e. The number of aliphatic carboxylic acids is 1. The Labute approximate surface area is 92.9 Å². The Morgan fingerprint density at radius 2 is 2.43 bits per heavy atom. The predicted octanol–water partition coefficient (Wildman–Crippen LogP) is 1.35. The molecule has 0 aromatic carbocycles. The molecule has 0 radical (unpaired) electrons. The summed E-state index contributed by atoms with van der Waals surface area (Å²) >= 11 is 4.57. The van der Waals surface area contributed by atoms with Gasteiger partial charge in [-0.3, -0.25) is 0 Å². The van der Waals surface area contributed by atoms with Crippen LogP contribution in [0.15, 0.2) is 3.92 Å². The molecular formula is C7H8BrN3O2S.